The zero-order chi connectivity index (χ0) is 15.4. The number of piperidine rings is 1. The average molecular weight is 295 g/mol. The van der Waals surface area contributed by atoms with Crippen molar-refractivity contribution in [2.24, 2.45) is 0 Å². The molecule has 1 aromatic heterocycles. The van der Waals surface area contributed by atoms with Gasteiger partial charge in [0.2, 0.25) is 0 Å². The fraction of sp³-hybridized carbons (Fsp3) is 0.538. The molecule has 2 heterocycles. The Labute approximate surface area is 120 Å². The van der Waals surface area contributed by atoms with E-state index in [9.17, 15) is 19.2 Å². The van der Waals surface area contributed by atoms with Gasteiger partial charge in [0.25, 0.3) is 11.5 Å². The molecule has 114 valence electrons. The molecule has 1 unspecified atom stereocenters. The van der Waals surface area contributed by atoms with Gasteiger partial charge in [0.15, 0.2) is 0 Å². The monoisotopic (exact) mass is 295 g/mol. The number of carbonyl (C=O) groups excluding carboxylic acids is 2. The lowest BCUT2D eigenvalue weighted by Crippen LogP contribution is -2.46. The van der Waals surface area contributed by atoms with Gasteiger partial charge in [-0.15, -0.1) is 0 Å². The second kappa shape index (κ2) is 6.38. The van der Waals surface area contributed by atoms with E-state index in [-0.39, 0.29) is 18.0 Å². The summed E-state index contributed by atoms with van der Waals surface area (Å²) < 4.78 is 4.63. The van der Waals surface area contributed by atoms with Gasteiger partial charge in [0.05, 0.1) is 13.5 Å². The third-order valence-corrected chi connectivity index (χ3v) is 3.57. The first-order valence-corrected chi connectivity index (χ1v) is 6.72. The third kappa shape index (κ3) is 3.39. The Morgan fingerprint density at radius 2 is 2.14 bits per heavy atom. The number of rotatable bonds is 3. The van der Waals surface area contributed by atoms with Crippen LogP contribution in [0.2, 0.25) is 0 Å². The molecule has 1 atom stereocenters. The second-order valence-corrected chi connectivity index (χ2v) is 4.91. The lowest BCUT2D eigenvalue weighted by molar-refractivity contribution is -0.142. The molecule has 0 aliphatic carbocycles. The molecule has 1 aliphatic rings. The van der Waals surface area contributed by atoms with Crippen LogP contribution in [0.5, 0.6) is 0 Å². The summed E-state index contributed by atoms with van der Waals surface area (Å²) in [7, 11) is 1.30. The molecule has 0 radical (unpaired) electrons. The molecule has 8 nitrogen and oxygen atoms in total. The molecule has 1 aliphatic heterocycles. The molecule has 1 saturated heterocycles. The van der Waals surface area contributed by atoms with Gasteiger partial charge < -0.3 is 14.6 Å². The summed E-state index contributed by atoms with van der Waals surface area (Å²) in [6, 6.07) is -0.287. The lowest BCUT2D eigenvalue weighted by atomic mass is 9.98. The van der Waals surface area contributed by atoms with Crippen LogP contribution >= 0.6 is 0 Å². The Bertz CT molecular complexity index is 648. The molecule has 2 N–H and O–H groups in total. The third-order valence-electron chi connectivity index (χ3n) is 3.57. The van der Waals surface area contributed by atoms with E-state index >= 15 is 0 Å². The highest BCUT2D eigenvalue weighted by Gasteiger charge is 2.30. The molecule has 1 amide bonds. The largest absolute Gasteiger partial charge is 0.469 e. The second-order valence-electron chi connectivity index (χ2n) is 4.91. The van der Waals surface area contributed by atoms with Crippen LogP contribution in [0.25, 0.3) is 0 Å². The molecule has 1 fully saturated rings. The van der Waals surface area contributed by atoms with Crippen LogP contribution in [-0.2, 0) is 9.53 Å². The molecule has 0 bridgehead atoms. The van der Waals surface area contributed by atoms with Gasteiger partial charge in [-0.25, -0.2) is 4.79 Å². The van der Waals surface area contributed by atoms with E-state index in [0.717, 1.165) is 19.0 Å². The van der Waals surface area contributed by atoms with Crippen molar-refractivity contribution in [2.75, 3.05) is 13.7 Å². The van der Waals surface area contributed by atoms with Crippen molar-refractivity contribution < 1.29 is 14.3 Å². The quantitative estimate of drug-likeness (QED) is 0.738. The van der Waals surface area contributed by atoms with Crippen LogP contribution in [-0.4, -0.2) is 46.4 Å². The zero-order valence-electron chi connectivity index (χ0n) is 11.7. The molecule has 0 saturated carbocycles. The van der Waals surface area contributed by atoms with Crippen LogP contribution in [0.1, 0.15) is 36.0 Å². The molecule has 8 heteroatoms. The van der Waals surface area contributed by atoms with E-state index in [1.165, 1.54) is 12.0 Å². The number of nitrogens with one attached hydrogen (secondary N) is 2. The number of esters is 1. The molecule has 21 heavy (non-hydrogen) atoms. The number of amides is 1. The highest BCUT2D eigenvalue weighted by Crippen LogP contribution is 2.21. The van der Waals surface area contributed by atoms with Crippen molar-refractivity contribution in [2.45, 2.75) is 31.7 Å². The summed E-state index contributed by atoms with van der Waals surface area (Å²) in [5.74, 6) is -0.879. The van der Waals surface area contributed by atoms with Gasteiger partial charge in [-0.2, -0.15) is 0 Å². The molecule has 0 aromatic carbocycles. The van der Waals surface area contributed by atoms with E-state index in [1.807, 2.05) is 4.98 Å². The van der Waals surface area contributed by atoms with Gasteiger partial charge in [0.1, 0.15) is 5.56 Å². The Morgan fingerprint density at radius 3 is 2.81 bits per heavy atom. The van der Waals surface area contributed by atoms with Gasteiger partial charge in [0, 0.05) is 18.8 Å². The van der Waals surface area contributed by atoms with E-state index in [0.29, 0.717) is 13.0 Å². The van der Waals surface area contributed by atoms with E-state index in [2.05, 4.69) is 9.72 Å². The number of ether oxygens (including phenoxy) is 1. The van der Waals surface area contributed by atoms with Gasteiger partial charge in [-0.1, -0.05) is 0 Å². The average Bonchev–Trinajstić information content (AvgIpc) is 2.47. The smallest absolute Gasteiger partial charge is 0.325 e. The Kier molecular flexibility index (Phi) is 4.56. The van der Waals surface area contributed by atoms with Crippen LogP contribution in [0.3, 0.4) is 0 Å². The number of hydrogen-bond donors (Lipinski definition) is 2. The Hall–Kier alpha value is -2.38. The topological polar surface area (TPSA) is 112 Å². The minimum atomic E-state index is -0.730. The van der Waals surface area contributed by atoms with Gasteiger partial charge in [-0.3, -0.25) is 19.4 Å². The van der Waals surface area contributed by atoms with Crippen molar-refractivity contribution >= 4 is 11.9 Å². The maximum atomic E-state index is 12.4. The Morgan fingerprint density at radius 1 is 1.38 bits per heavy atom. The first kappa shape index (κ1) is 15.0. The molecular weight excluding hydrogens is 278 g/mol. The van der Waals surface area contributed by atoms with Gasteiger partial charge >= 0.3 is 11.7 Å². The van der Waals surface area contributed by atoms with Crippen molar-refractivity contribution in [3.8, 4) is 0 Å². The number of nitrogens with zero attached hydrogens (tertiary/aromatic N) is 1. The van der Waals surface area contributed by atoms with Crippen LogP contribution in [0.15, 0.2) is 15.8 Å². The number of H-pyrrole nitrogens is 2. The standard InChI is InChI=1S/C13H17N3O5/c1-21-10(17)6-8-4-2-3-5-16(8)12(19)9-7-14-13(20)15-11(9)18/h7-8H,2-6H2,1H3,(H2,14,15,18,20). The van der Waals surface area contributed by atoms with Crippen LogP contribution in [0.4, 0.5) is 0 Å². The SMILES string of the molecule is COC(=O)CC1CCCCN1C(=O)c1c[nH]c(=O)[nH]c1=O. The fourth-order valence-corrected chi connectivity index (χ4v) is 2.48. The maximum Gasteiger partial charge on any atom is 0.325 e. The first-order valence-electron chi connectivity index (χ1n) is 6.72. The predicted molar refractivity (Wildman–Crippen MR) is 73.0 cm³/mol. The summed E-state index contributed by atoms with van der Waals surface area (Å²) in [5, 5.41) is 0. The number of aromatic amines is 2. The van der Waals surface area contributed by atoms with Crippen molar-refractivity contribution in [3.63, 3.8) is 0 Å². The first-order chi connectivity index (χ1) is 10.0. The normalized spacial score (nSPS) is 18.3. The number of hydrogen-bond acceptors (Lipinski definition) is 5. The molecule has 2 rings (SSSR count). The van der Waals surface area contributed by atoms with E-state index in [4.69, 9.17) is 0 Å². The van der Waals surface area contributed by atoms with Crippen LogP contribution in [0, 0.1) is 0 Å². The van der Waals surface area contributed by atoms with Crippen molar-refractivity contribution in [3.05, 3.63) is 32.6 Å². The lowest BCUT2D eigenvalue weighted by Gasteiger charge is -2.35. The summed E-state index contributed by atoms with van der Waals surface area (Å²) in [6.07, 6.45) is 3.61. The van der Waals surface area contributed by atoms with Crippen molar-refractivity contribution in [1.82, 2.24) is 14.9 Å². The molecule has 1 aromatic rings. The number of methoxy groups -OCH3 is 1. The van der Waals surface area contributed by atoms with E-state index in [1.54, 1.807) is 0 Å². The highest BCUT2D eigenvalue weighted by atomic mass is 16.5. The number of aromatic nitrogens is 2. The Balaban J connectivity index is 2.24. The van der Waals surface area contributed by atoms with Crippen LogP contribution < -0.4 is 11.2 Å². The summed E-state index contributed by atoms with van der Waals surface area (Å²) in [4.78, 5) is 52.4. The zero-order valence-corrected chi connectivity index (χ0v) is 11.7. The fourth-order valence-electron chi connectivity index (χ4n) is 2.48. The minimum absolute atomic E-state index is 0.101. The summed E-state index contributed by atoms with van der Waals surface area (Å²) in [6.45, 7) is 0.471. The molecular formula is C13H17N3O5. The van der Waals surface area contributed by atoms with Crippen molar-refractivity contribution in [1.29, 1.82) is 0 Å². The maximum absolute atomic E-state index is 12.4. The summed E-state index contributed by atoms with van der Waals surface area (Å²) in [5.41, 5.74) is -1.53. The number of likely N-dealkylation sites (tertiary alicyclic amines) is 1. The van der Waals surface area contributed by atoms with Gasteiger partial charge in [-0.05, 0) is 19.3 Å². The number of carbonyl (C=O) groups is 2. The molecule has 0 spiro atoms. The predicted octanol–water partition coefficient (Wildman–Crippen LogP) is -0.379. The highest BCUT2D eigenvalue weighted by molar-refractivity contribution is 5.94. The van der Waals surface area contributed by atoms with E-state index < -0.39 is 23.1 Å². The minimum Gasteiger partial charge on any atom is -0.469 e. The summed E-state index contributed by atoms with van der Waals surface area (Å²) >= 11 is 0.